The molecular formula is C10H12FNO2. The van der Waals surface area contributed by atoms with Crippen molar-refractivity contribution in [3.63, 3.8) is 0 Å². The Bertz CT molecular complexity index is 339. The molecule has 0 unspecified atom stereocenters. The molecule has 2 N–H and O–H groups in total. The molecule has 76 valence electrons. The molecule has 0 aliphatic rings. The molecule has 3 nitrogen and oxygen atoms in total. The second-order valence-electron chi connectivity index (χ2n) is 2.94. The van der Waals surface area contributed by atoms with E-state index in [1.807, 2.05) is 0 Å². The van der Waals surface area contributed by atoms with Gasteiger partial charge in [-0.1, -0.05) is 6.07 Å². The second-order valence-corrected chi connectivity index (χ2v) is 2.94. The van der Waals surface area contributed by atoms with Crippen molar-refractivity contribution in [1.29, 1.82) is 0 Å². The molecule has 1 amide bonds. The lowest BCUT2D eigenvalue weighted by atomic mass is 10.1. The number of primary amides is 1. The van der Waals surface area contributed by atoms with Crippen LogP contribution in [0.5, 0.6) is 5.75 Å². The third-order valence-corrected chi connectivity index (χ3v) is 1.88. The van der Waals surface area contributed by atoms with E-state index in [9.17, 15) is 9.18 Å². The Hall–Kier alpha value is -1.58. The number of nitrogens with two attached hydrogens (primary N) is 1. The van der Waals surface area contributed by atoms with Gasteiger partial charge in [-0.2, -0.15) is 0 Å². The summed E-state index contributed by atoms with van der Waals surface area (Å²) in [5, 5.41) is 0. The Morgan fingerprint density at radius 1 is 1.57 bits per heavy atom. The number of amides is 1. The monoisotopic (exact) mass is 197 g/mol. The molecule has 0 saturated carbocycles. The van der Waals surface area contributed by atoms with Crippen LogP contribution in [0.3, 0.4) is 0 Å². The van der Waals surface area contributed by atoms with Crippen molar-refractivity contribution in [2.45, 2.75) is 12.8 Å². The van der Waals surface area contributed by atoms with Crippen LogP contribution < -0.4 is 10.5 Å². The van der Waals surface area contributed by atoms with Crippen molar-refractivity contribution in [2.24, 2.45) is 5.73 Å². The number of methoxy groups -OCH3 is 1. The fourth-order valence-corrected chi connectivity index (χ4v) is 1.13. The zero-order valence-electron chi connectivity index (χ0n) is 7.92. The van der Waals surface area contributed by atoms with Crippen LogP contribution in [0.1, 0.15) is 12.0 Å². The molecule has 0 radical (unpaired) electrons. The zero-order chi connectivity index (χ0) is 10.6. The number of halogens is 1. The highest BCUT2D eigenvalue weighted by Crippen LogP contribution is 2.18. The van der Waals surface area contributed by atoms with E-state index < -0.39 is 5.82 Å². The second kappa shape index (κ2) is 4.60. The van der Waals surface area contributed by atoms with Gasteiger partial charge in [-0.25, -0.2) is 4.39 Å². The van der Waals surface area contributed by atoms with E-state index in [1.165, 1.54) is 19.2 Å². The molecule has 1 rings (SSSR count). The van der Waals surface area contributed by atoms with E-state index in [2.05, 4.69) is 0 Å². The van der Waals surface area contributed by atoms with Crippen LogP contribution in [-0.4, -0.2) is 13.0 Å². The van der Waals surface area contributed by atoms with Crippen LogP contribution in [0.25, 0.3) is 0 Å². The van der Waals surface area contributed by atoms with E-state index >= 15 is 0 Å². The van der Waals surface area contributed by atoms with Gasteiger partial charge in [0, 0.05) is 6.42 Å². The standard InChI is InChI=1S/C10H12FNO2/c1-14-9-4-2-7(6-8(9)11)3-5-10(12)13/h2,4,6H,3,5H2,1H3,(H2,12,13). The number of hydrogen-bond donors (Lipinski definition) is 1. The van der Waals surface area contributed by atoms with Crippen LogP contribution in [-0.2, 0) is 11.2 Å². The van der Waals surface area contributed by atoms with Crippen molar-refractivity contribution in [1.82, 2.24) is 0 Å². The molecule has 0 bridgehead atoms. The summed E-state index contributed by atoms with van der Waals surface area (Å²) in [6, 6.07) is 4.60. The summed E-state index contributed by atoms with van der Waals surface area (Å²) in [6.07, 6.45) is 0.683. The normalized spacial score (nSPS) is 9.86. The number of benzene rings is 1. The van der Waals surface area contributed by atoms with E-state index in [1.54, 1.807) is 6.07 Å². The number of carbonyl (C=O) groups excluding carboxylic acids is 1. The first-order valence-electron chi connectivity index (χ1n) is 4.24. The molecule has 0 aromatic heterocycles. The zero-order valence-corrected chi connectivity index (χ0v) is 7.92. The summed E-state index contributed by atoms with van der Waals surface area (Å²) in [4.78, 5) is 10.5. The quantitative estimate of drug-likeness (QED) is 0.789. The molecule has 4 heteroatoms. The largest absolute Gasteiger partial charge is 0.494 e. The summed E-state index contributed by atoms with van der Waals surface area (Å²) in [7, 11) is 1.40. The van der Waals surface area contributed by atoms with E-state index in [0.29, 0.717) is 6.42 Å². The van der Waals surface area contributed by atoms with Crippen LogP contribution in [0.2, 0.25) is 0 Å². The Morgan fingerprint density at radius 3 is 2.79 bits per heavy atom. The lowest BCUT2D eigenvalue weighted by Gasteiger charge is -2.03. The van der Waals surface area contributed by atoms with Crippen molar-refractivity contribution in [3.8, 4) is 5.75 Å². The van der Waals surface area contributed by atoms with Gasteiger partial charge >= 0.3 is 0 Å². The summed E-state index contributed by atoms with van der Waals surface area (Å²) < 4.78 is 17.9. The Balaban J connectivity index is 2.71. The lowest BCUT2D eigenvalue weighted by Crippen LogP contribution is -2.11. The Labute approximate surface area is 81.7 Å². The highest BCUT2D eigenvalue weighted by atomic mass is 19.1. The van der Waals surface area contributed by atoms with Gasteiger partial charge in [-0.3, -0.25) is 4.79 Å². The van der Waals surface area contributed by atoms with Crippen LogP contribution in [0, 0.1) is 5.82 Å². The average molecular weight is 197 g/mol. The smallest absolute Gasteiger partial charge is 0.217 e. The fourth-order valence-electron chi connectivity index (χ4n) is 1.13. The van der Waals surface area contributed by atoms with E-state index in [4.69, 9.17) is 10.5 Å². The minimum absolute atomic E-state index is 0.202. The minimum Gasteiger partial charge on any atom is -0.494 e. The molecule has 1 aromatic carbocycles. The van der Waals surface area contributed by atoms with Crippen LogP contribution in [0.4, 0.5) is 4.39 Å². The van der Waals surface area contributed by atoms with Gasteiger partial charge in [0.15, 0.2) is 11.6 Å². The van der Waals surface area contributed by atoms with Crippen LogP contribution >= 0.6 is 0 Å². The molecule has 1 aromatic rings. The molecule has 0 atom stereocenters. The Kier molecular flexibility index (Phi) is 3.45. The first kappa shape index (κ1) is 10.5. The highest BCUT2D eigenvalue weighted by Gasteiger charge is 2.04. The number of ether oxygens (including phenoxy) is 1. The van der Waals surface area contributed by atoms with Gasteiger partial charge in [0.2, 0.25) is 5.91 Å². The number of aryl methyl sites for hydroxylation is 1. The van der Waals surface area contributed by atoms with Crippen LogP contribution in [0.15, 0.2) is 18.2 Å². The fraction of sp³-hybridized carbons (Fsp3) is 0.300. The summed E-state index contributed by atoms with van der Waals surface area (Å²) >= 11 is 0. The molecule has 0 fully saturated rings. The third-order valence-electron chi connectivity index (χ3n) is 1.88. The van der Waals surface area contributed by atoms with Crippen molar-refractivity contribution in [2.75, 3.05) is 7.11 Å². The molecule has 0 spiro atoms. The van der Waals surface area contributed by atoms with Gasteiger partial charge in [0.05, 0.1) is 7.11 Å². The van der Waals surface area contributed by atoms with Gasteiger partial charge < -0.3 is 10.5 Å². The minimum atomic E-state index is -0.422. The highest BCUT2D eigenvalue weighted by molar-refractivity contribution is 5.74. The predicted molar refractivity (Wildman–Crippen MR) is 50.5 cm³/mol. The summed E-state index contributed by atoms with van der Waals surface area (Å²) in [6.45, 7) is 0. The molecule has 0 aliphatic heterocycles. The maximum absolute atomic E-state index is 13.1. The first-order chi connectivity index (χ1) is 6.63. The summed E-state index contributed by atoms with van der Waals surface area (Å²) in [5.74, 6) is -0.608. The number of rotatable bonds is 4. The maximum Gasteiger partial charge on any atom is 0.217 e. The van der Waals surface area contributed by atoms with E-state index in [-0.39, 0.29) is 18.1 Å². The van der Waals surface area contributed by atoms with Crippen molar-refractivity contribution < 1.29 is 13.9 Å². The first-order valence-corrected chi connectivity index (χ1v) is 4.24. The van der Waals surface area contributed by atoms with E-state index in [0.717, 1.165) is 5.56 Å². The maximum atomic E-state index is 13.1. The molecule has 0 heterocycles. The van der Waals surface area contributed by atoms with Crippen molar-refractivity contribution in [3.05, 3.63) is 29.6 Å². The van der Waals surface area contributed by atoms with Gasteiger partial charge in [-0.15, -0.1) is 0 Å². The number of hydrogen-bond acceptors (Lipinski definition) is 2. The lowest BCUT2D eigenvalue weighted by molar-refractivity contribution is -0.117. The predicted octanol–water partition coefficient (Wildman–Crippen LogP) is 1.25. The molecule has 0 saturated heterocycles. The van der Waals surface area contributed by atoms with Crippen molar-refractivity contribution >= 4 is 5.91 Å². The van der Waals surface area contributed by atoms with Gasteiger partial charge in [-0.05, 0) is 24.1 Å². The SMILES string of the molecule is COc1ccc(CCC(N)=O)cc1F. The summed E-state index contributed by atoms with van der Waals surface area (Å²) in [5.41, 5.74) is 5.72. The molecular weight excluding hydrogens is 185 g/mol. The topological polar surface area (TPSA) is 52.3 Å². The molecule has 0 aliphatic carbocycles. The third kappa shape index (κ3) is 2.73. The average Bonchev–Trinajstić information content (AvgIpc) is 2.15. The number of carbonyl (C=O) groups is 1. The Morgan fingerprint density at radius 2 is 2.29 bits per heavy atom. The molecule has 14 heavy (non-hydrogen) atoms. The van der Waals surface area contributed by atoms with Gasteiger partial charge in [0.1, 0.15) is 0 Å². The van der Waals surface area contributed by atoms with Gasteiger partial charge in [0.25, 0.3) is 0 Å².